The van der Waals surface area contributed by atoms with Crippen molar-refractivity contribution in [1.29, 1.82) is 0 Å². The van der Waals surface area contributed by atoms with E-state index in [1.807, 2.05) is 27.7 Å². The maximum Gasteiger partial charge on any atom is 0.326 e. The predicted molar refractivity (Wildman–Crippen MR) is 59.6 cm³/mol. The van der Waals surface area contributed by atoms with Crippen LogP contribution >= 0.6 is 15.9 Å². The van der Waals surface area contributed by atoms with Gasteiger partial charge in [-0.2, -0.15) is 0 Å². The van der Waals surface area contributed by atoms with Gasteiger partial charge in [-0.1, -0.05) is 15.9 Å². The number of halogens is 1. The molecule has 0 aliphatic carbocycles. The molecular weight excluding hydrogens is 246 g/mol. The maximum atomic E-state index is 11.8. The second kappa shape index (κ2) is 3.81. The fourth-order valence-electron chi connectivity index (χ4n) is 1.47. The molecule has 0 aromatic rings. The first-order valence-corrected chi connectivity index (χ1v) is 5.77. The Labute approximate surface area is 93.7 Å². The molecular formula is C10H18BrNO2. The third kappa shape index (κ3) is 2.95. The van der Waals surface area contributed by atoms with Crippen LogP contribution in [-0.2, 0) is 9.53 Å². The second-order valence-electron chi connectivity index (χ2n) is 5.02. The molecule has 1 saturated heterocycles. The average molecular weight is 264 g/mol. The van der Waals surface area contributed by atoms with Gasteiger partial charge in [0.1, 0.15) is 11.1 Å². The van der Waals surface area contributed by atoms with Crippen LogP contribution in [0.3, 0.4) is 0 Å². The van der Waals surface area contributed by atoms with Gasteiger partial charge in [0.15, 0.2) is 0 Å². The third-order valence-electron chi connectivity index (χ3n) is 2.19. The SMILES string of the molecule is CC(C)(C)OC(=O)[C@]1(C)C[C@@H](Br)CN1. The Balaban J connectivity index is 2.61. The van der Waals surface area contributed by atoms with Gasteiger partial charge in [-0.25, -0.2) is 0 Å². The van der Waals surface area contributed by atoms with Gasteiger partial charge in [0.2, 0.25) is 0 Å². The molecule has 0 unspecified atom stereocenters. The van der Waals surface area contributed by atoms with Gasteiger partial charge >= 0.3 is 5.97 Å². The highest BCUT2D eigenvalue weighted by molar-refractivity contribution is 9.09. The van der Waals surface area contributed by atoms with Crippen molar-refractivity contribution in [3.05, 3.63) is 0 Å². The van der Waals surface area contributed by atoms with E-state index < -0.39 is 11.1 Å². The molecule has 4 heteroatoms. The summed E-state index contributed by atoms with van der Waals surface area (Å²) in [4.78, 5) is 12.2. The van der Waals surface area contributed by atoms with Crippen molar-refractivity contribution in [3.8, 4) is 0 Å². The van der Waals surface area contributed by atoms with E-state index in [0.29, 0.717) is 4.83 Å². The summed E-state index contributed by atoms with van der Waals surface area (Å²) >= 11 is 3.49. The normalized spacial score (nSPS) is 33.1. The lowest BCUT2D eigenvalue weighted by Gasteiger charge is -2.28. The molecule has 0 radical (unpaired) electrons. The number of rotatable bonds is 1. The van der Waals surface area contributed by atoms with Gasteiger partial charge in [-0.3, -0.25) is 4.79 Å². The summed E-state index contributed by atoms with van der Waals surface area (Å²) in [5.41, 5.74) is -0.937. The number of esters is 1. The summed E-state index contributed by atoms with van der Waals surface area (Å²) in [7, 11) is 0. The first kappa shape index (κ1) is 12.0. The molecule has 0 aromatic carbocycles. The van der Waals surface area contributed by atoms with E-state index >= 15 is 0 Å². The second-order valence-corrected chi connectivity index (χ2v) is 6.31. The number of ether oxygens (including phenoxy) is 1. The zero-order chi connectivity index (χ0) is 11.0. The van der Waals surface area contributed by atoms with Crippen LogP contribution in [0.2, 0.25) is 0 Å². The van der Waals surface area contributed by atoms with Crippen molar-refractivity contribution in [2.75, 3.05) is 6.54 Å². The summed E-state index contributed by atoms with van der Waals surface area (Å²) in [5.74, 6) is -0.160. The Morgan fingerprint density at radius 3 is 2.50 bits per heavy atom. The lowest BCUT2D eigenvalue weighted by molar-refractivity contribution is -0.161. The molecule has 14 heavy (non-hydrogen) atoms. The molecule has 3 nitrogen and oxygen atoms in total. The van der Waals surface area contributed by atoms with E-state index in [9.17, 15) is 4.79 Å². The first-order valence-electron chi connectivity index (χ1n) is 4.85. The van der Waals surface area contributed by atoms with Gasteiger partial charge in [-0.05, 0) is 34.1 Å². The van der Waals surface area contributed by atoms with E-state index in [-0.39, 0.29) is 5.97 Å². The van der Waals surface area contributed by atoms with Crippen LogP contribution in [0.25, 0.3) is 0 Å². The molecule has 0 spiro atoms. The van der Waals surface area contributed by atoms with Crippen LogP contribution < -0.4 is 5.32 Å². The first-order chi connectivity index (χ1) is 6.23. The Bertz CT molecular complexity index is 237. The van der Waals surface area contributed by atoms with Crippen molar-refractivity contribution in [3.63, 3.8) is 0 Å². The van der Waals surface area contributed by atoms with E-state index in [4.69, 9.17) is 4.74 Å². The Morgan fingerprint density at radius 1 is 1.57 bits per heavy atom. The van der Waals surface area contributed by atoms with Crippen LogP contribution in [0.15, 0.2) is 0 Å². The quantitative estimate of drug-likeness (QED) is 0.580. The van der Waals surface area contributed by atoms with Crippen LogP contribution in [-0.4, -0.2) is 28.5 Å². The van der Waals surface area contributed by atoms with Crippen molar-refractivity contribution < 1.29 is 9.53 Å². The molecule has 0 saturated carbocycles. The molecule has 1 heterocycles. The van der Waals surface area contributed by atoms with Gasteiger partial charge in [-0.15, -0.1) is 0 Å². The van der Waals surface area contributed by atoms with E-state index in [2.05, 4.69) is 21.2 Å². The number of alkyl halides is 1. The number of hydrogen-bond acceptors (Lipinski definition) is 3. The van der Waals surface area contributed by atoms with Crippen molar-refractivity contribution in [1.82, 2.24) is 5.32 Å². The van der Waals surface area contributed by atoms with Crippen molar-refractivity contribution >= 4 is 21.9 Å². The molecule has 0 amide bonds. The highest BCUT2D eigenvalue weighted by atomic mass is 79.9. The standard InChI is InChI=1S/C10H18BrNO2/c1-9(2,3)14-8(13)10(4)5-7(11)6-12-10/h7,12H,5-6H2,1-4H3/t7-,10+/m1/s1. The van der Waals surface area contributed by atoms with Crippen LogP contribution in [0.1, 0.15) is 34.1 Å². The fraction of sp³-hybridized carbons (Fsp3) is 0.900. The van der Waals surface area contributed by atoms with Gasteiger partial charge in [0, 0.05) is 11.4 Å². The minimum atomic E-state index is -0.526. The highest BCUT2D eigenvalue weighted by Gasteiger charge is 2.42. The Hall–Kier alpha value is -0.0900. The molecule has 0 aromatic heterocycles. The molecule has 1 rings (SSSR count). The molecule has 0 bridgehead atoms. The van der Waals surface area contributed by atoms with E-state index in [0.717, 1.165) is 13.0 Å². The molecule has 1 aliphatic heterocycles. The minimum absolute atomic E-state index is 0.160. The topological polar surface area (TPSA) is 38.3 Å². The predicted octanol–water partition coefficient (Wildman–Crippen LogP) is 1.84. The Kier molecular flexibility index (Phi) is 3.26. The third-order valence-corrected chi connectivity index (χ3v) is 2.84. The summed E-state index contributed by atoms with van der Waals surface area (Å²) < 4.78 is 5.35. The average Bonchev–Trinajstić information content (AvgIpc) is 2.29. The zero-order valence-corrected chi connectivity index (χ0v) is 10.8. The fourth-order valence-corrected chi connectivity index (χ4v) is 2.28. The molecule has 1 N–H and O–H groups in total. The lowest BCUT2D eigenvalue weighted by Crippen LogP contribution is -2.48. The van der Waals surface area contributed by atoms with Crippen LogP contribution in [0.4, 0.5) is 0 Å². The highest BCUT2D eigenvalue weighted by Crippen LogP contribution is 2.26. The van der Waals surface area contributed by atoms with E-state index in [1.54, 1.807) is 0 Å². The summed E-state index contributed by atoms with van der Waals surface area (Å²) in [6, 6.07) is 0. The monoisotopic (exact) mass is 263 g/mol. The minimum Gasteiger partial charge on any atom is -0.459 e. The van der Waals surface area contributed by atoms with Crippen molar-refractivity contribution in [2.45, 2.75) is 50.1 Å². The van der Waals surface area contributed by atoms with Gasteiger partial charge in [0.05, 0.1) is 0 Å². The largest absolute Gasteiger partial charge is 0.459 e. The number of nitrogens with one attached hydrogen (secondary N) is 1. The van der Waals surface area contributed by atoms with Gasteiger partial charge < -0.3 is 10.1 Å². The molecule has 82 valence electrons. The number of hydrogen-bond donors (Lipinski definition) is 1. The maximum absolute atomic E-state index is 11.8. The number of carbonyl (C=O) groups is 1. The van der Waals surface area contributed by atoms with Crippen LogP contribution in [0, 0.1) is 0 Å². The smallest absolute Gasteiger partial charge is 0.326 e. The zero-order valence-electron chi connectivity index (χ0n) is 9.19. The summed E-state index contributed by atoms with van der Waals surface area (Å²) in [5, 5.41) is 3.18. The Morgan fingerprint density at radius 2 is 2.14 bits per heavy atom. The van der Waals surface area contributed by atoms with Crippen molar-refractivity contribution in [2.24, 2.45) is 0 Å². The number of carbonyl (C=O) groups excluding carboxylic acids is 1. The van der Waals surface area contributed by atoms with E-state index in [1.165, 1.54) is 0 Å². The molecule has 1 aliphatic rings. The molecule has 2 atom stereocenters. The van der Waals surface area contributed by atoms with Crippen LogP contribution in [0.5, 0.6) is 0 Å². The summed E-state index contributed by atoms with van der Waals surface area (Å²) in [6.45, 7) is 8.36. The molecule has 1 fully saturated rings. The summed E-state index contributed by atoms with van der Waals surface area (Å²) in [6.07, 6.45) is 0.780. The van der Waals surface area contributed by atoms with Gasteiger partial charge in [0.25, 0.3) is 0 Å². The lowest BCUT2D eigenvalue weighted by atomic mass is 10.0.